The van der Waals surface area contributed by atoms with Crippen LogP contribution in [0.25, 0.3) is 16.5 Å². The zero-order valence-electron chi connectivity index (χ0n) is 13.0. The minimum Gasteiger partial charge on any atom is -0.478 e. The molecule has 2 aromatic carbocycles. The van der Waals surface area contributed by atoms with Crippen molar-refractivity contribution >= 4 is 16.7 Å². The van der Waals surface area contributed by atoms with Gasteiger partial charge in [0, 0.05) is 16.8 Å². The highest BCUT2D eigenvalue weighted by atomic mass is 19.4. The number of alkyl halides is 3. The molecule has 0 amide bonds. The standard InChI is InChI=1S/C18H12F3NO3/c1-10-14(17(24)25)12-8-5-9-13(18(19,20)21)15(12)16(23)22(10)11-6-3-2-4-7-11/h2-9H,1H3,(H,24,25). The normalized spacial score (nSPS) is 11.7. The second-order valence-electron chi connectivity index (χ2n) is 5.47. The van der Waals surface area contributed by atoms with Crippen molar-refractivity contribution in [3.63, 3.8) is 0 Å². The van der Waals surface area contributed by atoms with E-state index in [0.717, 1.165) is 16.7 Å². The molecule has 0 fully saturated rings. The number of carbonyl (C=O) groups is 1. The molecule has 0 atom stereocenters. The van der Waals surface area contributed by atoms with Gasteiger partial charge in [0.15, 0.2) is 0 Å². The molecule has 128 valence electrons. The fraction of sp³-hybridized carbons (Fsp3) is 0.111. The van der Waals surface area contributed by atoms with Gasteiger partial charge in [-0.1, -0.05) is 30.3 Å². The lowest BCUT2D eigenvalue weighted by molar-refractivity contribution is -0.136. The van der Waals surface area contributed by atoms with Crippen LogP contribution in [-0.2, 0) is 6.18 Å². The predicted octanol–water partition coefficient (Wildman–Crippen LogP) is 4.02. The molecule has 1 N–H and O–H groups in total. The number of para-hydroxylation sites is 1. The highest BCUT2D eigenvalue weighted by Gasteiger charge is 2.35. The fourth-order valence-corrected chi connectivity index (χ4v) is 2.96. The van der Waals surface area contributed by atoms with Gasteiger partial charge in [-0.15, -0.1) is 0 Å². The molecule has 0 spiro atoms. The molecule has 0 bridgehead atoms. The number of aromatic nitrogens is 1. The van der Waals surface area contributed by atoms with Crippen molar-refractivity contribution in [3.05, 3.63) is 75.7 Å². The summed E-state index contributed by atoms with van der Waals surface area (Å²) < 4.78 is 41.1. The molecular weight excluding hydrogens is 335 g/mol. The van der Waals surface area contributed by atoms with E-state index >= 15 is 0 Å². The first-order valence-electron chi connectivity index (χ1n) is 7.27. The number of hydrogen-bond donors (Lipinski definition) is 1. The van der Waals surface area contributed by atoms with Crippen LogP contribution >= 0.6 is 0 Å². The average molecular weight is 347 g/mol. The van der Waals surface area contributed by atoms with Gasteiger partial charge in [-0.05, 0) is 25.1 Å². The SMILES string of the molecule is Cc1c(C(=O)O)c2cccc(C(F)(F)F)c2c(=O)n1-c1ccccc1. The third kappa shape index (κ3) is 2.67. The molecule has 25 heavy (non-hydrogen) atoms. The van der Waals surface area contributed by atoms with Crippen molar-refractivity contribution in [2.75, 3.05) is 0 Å². The first-order valence-corrected chi connectivity index (χ1v) is 7.27. The van der Waals surface area contributed by atoms with Gasteiger partial charge in [0.1, 0.15) is 0 Å². The van der Waals surface area contributed by atoms with Gasteiger partial charge >= 0.3 is 12.1 Å². The summed E-state index contributed by atoms with van der Waals surface area (Å²) in [6.07, 6.45) is -4.78. The Hall–Kier alpha value is -3.09. The largest absolute Gasteiger partial charge is 0.478 e. The molecule has 3 aromatic rings. The molecule has 0 radical (unpaired) electrons. The molecule has 0 saturated heterocycles. The Kier molecular flexibility index (Phi) is 3.87. The first kappa shape index (κ1) is 16.8. The lowest BCUT2D eigenvalue weighted by atomic mass is 9.99. The van der Waals surface area contributed by atoms with E-state index < -0.39 is 28.7 Å². The Balaban J connectivity index is 2.60. The van der Waals surface area contributed by atoms with Gasteiger partial charge < -0.3 is 5.11 Å². The van der Waals surface area contributed by atoms with Crippen molar-refractivity contribution < 1.29 is 23.1 Å². The second kappa shape index (κ2) is 5.77. The number of carboxylic acid groups (broad SMARTS) is 1. The summed E-state index contributed by atoms with van der Waals surface area (Å²) in [5, 5.41) is 8.65. The van der Waals surface area contributed by atoms with Crippen molar-refractivity contribution in [1.82, 2.24) is 4.57 Å². The number of rotatable bonds is 2. The van der Waals surface area contributed by atoms with Gasteiger partial charge in [-0.3, -0.25) is 9.36 Å². The summed E-state index contributed by atoms with van der Waals surface area (Å²) >= 11 is 0. The maximum atomic E-state index is 13.4. The summed E-state index contributed by atoms with van der Waals surface area (Å²) in [6, 6.07) is 11.1. The van der Waals surface area contributed by atoms with Crippen LogP contribution in [0, 0.1) is 6.92 Å². The Morgan fingerprint density at radius 1 is 1.04 bits per heavy atom. The van der Waals surface area contributed by atoms with Crippen LogP contribution in [-0.4, -0.2) is 15.6 Å². The van der Waals surface area contributed by atoms with Gasteiger partial charge in [0.2, 0.25) is 0 Å². The Labute approximate surface area is 139 Å². The Morgan fingerprint density at radius 2 is 1.68 bits per heavy atom. The van der Waals surface area contributed by atoms with Crippen molar-refractivity contribution in [3.8, 4) is 5.69 Å². The molecule has 0 saturated carbocycles. The van der Waals surface area contributed by atoms with Crippen LogP contribution in [0.15, 0.2) is 53.3 Å². The number of aromatic carboxylic acids is 1. The van der Waals surface area contributed by atoms with E-state index in [0.29, 0.717) is 5.69 Å². The highest BCUT2D eigenvalue weighted by Crippen LogP contribution is 2.35. The van der Waals surface area contributed by atoms with Crippen LogP contribution in [0.5, 0.6) is 0 Å². The van der Waals surface area contributed by atoms with E-state index in [1.165, 1.54) is 25.1 Å². The van der Waals surface area contributed by atoms with Crippen molar-refractivity contribution in [2.24, 2.45) is 0 Å². The topological polar surface area (TPSA) is 59.3 Å². The molecule has 4 nitrogen and oxygen atoms in total. The molecule has 0 aliphatic heterocycles. The maximum absolute atomic E-state index is 13.4. The Morgan fingerprint density at radius 3 is 2.24 bits per heavy atom. The zero-order chi connectivity index (χ0) is 18.4. The lowest BCUT2D eigenvalue weighted by Gasteiger charge is -2.17. The fourth-order valence-electron chi connectivity index (χ4n) is 2.96. The smallest absolute Gasteiger partial charge is 0.417 e. The number of carboxylic acids is 1. The van der Waals surface area contributed by atoms with E-state index in [1.807, 2.05) is 0 Å². The molecule has 1 heterocycles. The number of benzene rings is 2. The van der Waals surface area contributed by atoms with Gasteiger partial charge in [0.05, 0.1) is 16.5 Å². The van der Waals surface area contributed by atoms with Gasteiger partial charge in [0.25, 0.3) is 5.56 Å². The maximum Gasteiger partial charge on any atom is 0.417 e. The van der Waals surface area contributed by atoms with Crippen LogP contribution < -0.4 is 5.56 Å². The molecule has 7 heteroatoms. The zero-order valence-corrected chi connectivity index (χ0v) is 13.0. The van der Waals surface area contributed by atoms with Crippen LogP contribution in [0.4, 0.5) is 13.2 Å². The number of pyridine rings is 1. The van der Waals surface area contributed by atoms with E-state index in [4.69, 9.17) is 0 Å². The minimum absolute atomic E-state index is 0.0653. The molecule has 0 unspecified atom stereocenters. The third-order valence-electron chi connectivity index (χ3n) is 3.98. The van der Waals surface area contributed by atoms with Crippen LogP contribution in [0.2, 0.25) is 0 Å². The number of nitrogens with zero attached hydrogens (tertiary/aromatic N) is 1. The van der Waals surface area contributed by atoms with Crippen molar-refractivity contribution in [2.45, 2.75) is 13.1 Å². The van der Waals surface area contributed by atoms with E-state index in [2.05, 4.69) is 0 Å². The lowest BCUT2D eigenvalue weighted by Crippen LogP contribution is -2.26. The van der Waals surface area contributed by atoms with Crippen LogP contribution in [0.3, 0.4) is 0 Å². The summed E-state index contributed by atoms with van der Waals surface area (Å²) in [7, 11) is 0. The molecule has 3 rings (SSSR count). The number of hydrogen-bond acceptors (Lipinski definition) is 2. The van der Waals surface area contributed by atoms with Gasteiger partial charge in [-0.25, -0.2) is 4.79 Å². The van der Waals surface area contributed by atoms with E-state index in [-0.39, 0.29) is 16.6 Å². The number of halogens is 3. The van der Waals surface area contributed by atoms with Crippen LogP contribution in [0.1, 0.15) is 21.6 Å². The van der Waals surface area contributed by atoms with E-state index in [9.17, 15) is 27.9 Å². The predicted molar refractivity (Wildman–Crippen MR) is 86.2 cm³/mol. The summed E-state index contributed by atoms with van der Waals surface area (Å²) in [5.41, 5.74) is -2.02. The molecule has 0 aliphatic carbocycles. The van der Waals surface area contributed by atoms with Crippen molar-refractivity contribution in [1.29, 1.82) is 0 Å². The monoisotopic (exact) mass is 347 g/mol. The quantitative estimate of drug-likeness (QED) is 0.762. The second-order valence-corrected chi connectivity index (χ2v) is 5.47. The molecule has 1 aromatic heterocycles. The Bertz CT molecular complexity index is 1040. The van der Waals surface area contributed by atoms with E-state index in [1.54, 1.807) is 18.2 Å². The average Bonchev–Trinajstić information content (AvgIpc) is 2.54. The highest BCUT2D eigenvalue weighted by molar-refractivity contribution is 6.05. The summed E-state index contributed by atoms with van der Waals surface area (Å²) in [5.74, 6) is -1.40. The minimum atomic E-state index is -4.78. The molecular formula is C18H12F3NO3. The number of fused-ring (bicyclic) bond motifs is 1. The van der Waals surface area contributed by atoms with Gasteiger partial charge in [-0.2, -0.15) is 13.2 Å². The summed E-state index contributed by atoms with van der Waals surface area (Å²) in [6.45, 7) is 1.40. The summed E-state index contributed by atoms with van der Waals surface area (Å²) in [4.78, 5) is 24.6. The third-order valence-corrected chi connectivity index (χ3v) is 3.98. The first-order chi connectivity index (χ1) is 11.7. The molecule has 0 aliphatic rings.